The quantitative estimate of drug-likeness (QED) is 0.320. The molecule has 4 rings (SSSR count). The van der Waals surface area contributed by atoms with Crippen molar-refractivity contribution in [2.75, 3.05) is 13.1 Å². The fourth-order valence-electron chi connectivity index (χ4n) is 4.26. The van der Waals surface area contributed by atoms with E-state index < -0.39 is 69.9 Å². The number of hydrogen-bond donors (Lipinski definition) is 2. The van der Waals surface area contributed by atoms with Crippen LogP contribution in [0.5, 0.6) is 5.75 Å². The lowest BCUT2D eigenvalue weighted by Gasteiger charge is -2.48. The number of nitrogens with two attached hydrogens (primary N) is 1. The highest BCUT2D eigenvalue weighted by Gasteiger charge is 2.52. The molecule has 3 aromatic rings. The van der Waals surface area contributed by atoms with Crippen LogP contribution in [0.3, 0.4) is 0 Å². The van der Waals surface area contributed by atoms with Crippen LogP contribution in [0.1, 0.15) is 38.8 Å². The van der Waals surface area contributed by atoms with Crippen LogP contribution in [0.4, 0.5) is 0 Å². The molecule has 41 heavy (non-hydrogen) atoms. The maximum atomic E-state index is 13.7. The maximum absolute atomic E-state index is 13.7. The molecule has 0 aliphatic carbocycles. The lowest BCUT2D eigenvalue weighted by molar-refractivity contribution is -0.156. The third-order valence-corrected chi connectivity index (χ3v) is 8.11. The summed E-state index contributed by atoms with van der Waals surface area (Å²) in [5.74, 6) is -1.65. The van der Waals surface area contributed by atoms with Crippen molar-refractivity contribution >= 4 is 34.3 Å². The minimum absolute atomic E-state index is 0. The zero-order valence-electron chi connectivity index (χ0n) is 27.8. The number of sulfonamides is 1. The molecule has 0 saturated carbocycles. The summed E-state index contributed by atoms with van der Waals surface area (Å²) in [7, 11) is -4.09. The van der Waals surface area contributed by atoms with Crippen molar-refractivity contribution < 1.29 is 34.3 Å². The monoisotopic (exact) mass is 606 g/mol. The first-order valence-electron chi connectivity index (χ1n) is 15.2. The fourth-order valence-corrected chi connectivity index (χ4v) is 5.87. The number of rotatable bonds is 11. The second-order valence-electron chi connectivity index (χ2n) is 9.89. The molecule has 0 aromatic heterocycles. The van der Waals surface area contributed by atoms with E-state index >= 15 is 0 Å². The van der Waals surface area contributed by atoms with Crippen molar-refractivity contribution in [2.45, 2.75) is 55.9 Å². The van der Waals surface area contributed by atoms with E-state index in [2.05, 4.69) is 5.32 Å². The molecule has 3 aromatic carbocycles. The van der Waals surface area contributed by atoms with Crippen LogP contribution in [0.15, 0.2) is 89.7 Å². The largest absolute Gasteiger partial charge is 0.480 e. The number of nitrogens with one attached hydrogen (secondary N) is 1. The van der Waals surface area contributed by atoms with Gasteiger partial charge in [0.15, 0.2) is 11.7 Å². The van der Waals surface area contributed by atoms with Crippen molar-refractivity contribution in [1.29, 1.82) is 0 Å². The fraction of sp³-hybridized carbons (Fsp3) is 0.333. The summed E-state index contributed by atoms with van der Waals surface area (Å²) in [4.78, 5) is 24.6. The zero-order valence-corrected chi connectivity index (χ0v) is 24.5. The van der Waals surface area contributed by atoms with Crippen LogP contribution in [-0.4, -0.2) is 55.9 Å². The van der Waals surface area contributed by atoms with Crippen molar-refractivity contribution in [2.24, 2.45) is 5.73 Å². The standard InChI is InChI=1S/C30H35N3O6S.ClH/c1-21(2)32-28(34)22(3)38-29(35)27(31)18-23-11-10-16-26(17-23)40(36,37)33-19-30(20-33,24-12-6-4-7-13-24)39-25-14-8-5-9-15-25;/h4-17,21-22,27H,18-20,31H2,1-3H3,(H,32,34);1H/t22?,27-;/m0./s1/i5D,8D,9D,14D,15D;. The smallest absolute Gasteiger partial charge is 0.324 e. The van der Waals surface area contributed by atoms with Crippen LogP contribution >= 0.6 is 12.4 Å². The van der Waals surface area contributed by atoms with Crippen LogP contribution in [-0.2, 0) is 36.4 Å². The summed E-state index contributed by atoms with van der Waals surface area (Å²) in [5.41, 5.74) is 5.72. The van der Waals surface area contributed by atoms with Crippen LogP contribution in [0.2, 0.25) is 0 Å². The Balaban J connectivity index is 0.00000576. The minimum atomic E-state index is -4.09. The first kappa shape index (κ1) is 25.3. The van der Waals surface area contributed by atoms with Gasteiger partial charge in [-0.15, -0.1) is 12.4 Å². The van der Waals surface area contributed by atoms with Gasteiger partial charge in [-0.2, -0.15) is 4.31 Å². The molecule has 0 spiro atoms. The topological polar surface area (TPSA) is 128 Å². The number of para-hydroxylation sites is 1. The molecule has 2 atom stereocenters. The van der Waals surface area contributed by atoms with E-state index in [1.807, 2.05) is 0 Å². The second kappa shape index (κ2) is 13.5. The molecule has 220 valence electrons. The highest BCUT2D eigenvalue weighted by Crippen LogP contribution is 2.40. The number of carbonyl (C=O) groups is 2. The van der Waals surface area contributed by atoms with E-state index in [9.17, 15) is 18.0 Å². The molecule has 1 unspecified atom stereocenters. The number of halogens is 1. The summed E-state index contributed by atoms with van der Waals surface area (Å²) < 4.78 is 80.3. The Morgan fingerprint density at radius 2 is 1.71 bits per heavy atom. The first-order valence-corrected chi connectivity index (χ1v) is 14.2. The second-order valence-corrected chi connectivity index (χ2v) is 11.8. The number of benzene rings is 3. The van der Waals surface area contributed by atoms with Gasteiger partial charge in [-0.25, -0.2) is 8.42 Å². The van der Waals surface area contributed by atoms with Crippen molar-refractivity contribution in [3.05, 3.63) is 95.9 Å². The minimum Gasteiger partial charge on any atom is -0.480 e. The number of nitrogens with zero attached hydrogens (tertiary/aromatic N) is 1. The highest BCUT2D eigenvalue weighted by atomic mass is 35.5. The molecule has 1 amide bonds. The Kier molecular flexibility index (Phi) is 8.31. The van der Waals surface area contributed by atoms with Gasteiger partial charge >= 0.3 is 5.97 Å². The molecule has 1 fully saturated rings. The predicted molar refractivity (Wildman–Crippen MR) is 158 cm³/mol. The van der Waals surface area contributed by atoms with Crippen LogP contribution in [0.25, 0.3) is 0 Å². The van der Waals surface area contributed by atoms with Gasteiger partial charge in [-0.05, 0) is 62.5 Å². The Hall–Kier alpha value is -3.44. The molecule has 9 nitrogen and oxygen atoms in total. The zero-order chi connectivity index (χ0) is 33.3. The van der Waals surface area contributed by atoms with Gasteiger partial charge in [-0.3, -0.25) is 9.59 Å². The summed E-state index contributed by atoms with van der Waals surface area (Å²) >= 11 is 0. The van der Waals surface area contributed by atoms with Gasteiger partial charge in [-0.1, -0.05) is 60.6 Å². The SMILES string of the molecule is Cl.[2H]c1c([2H])c([2H])c(OC2(c3ccccc3)CN(S(=O)(=O)c3cccc(C[C@H](N)C(=O)OC(C)C(=O)NC(C)C)c3)C2)c([2H])c1[2H]. The molecule has 1 aliphatic rings. The van der Waals surface area contributed by atoms with Gasteiger partial charge in [0.05, 0.1) is 24.8 Å². The lowest BCUT2D eigenvalue weighted by atomic mass is 9.87. The predicted octanol–water partition coefficient (Wildman–Crippen LogP) is 3.41. The van der Waals surface area contributed by atoms with Crippen molar-refractivity contribution in [3.8, 4) is 5.75 Å². The molecule has 0 bridgehead atoms. The molecule has 3 N–H and O–H groups in total. The third-order valence-electron chi connectivity index (χ3n) is 6.33. The number of ether oxygens (including phenoxy) is 2. The highest BCUT2D eigenvalue weighted by molar-refractivity contribution is 7.89. The van der Waals surface area contributed by atoms with E-state index in [0.29, 0.717) is 11.1 Å². The van der Waals surface area contributed by atoms with Gasteiger partial charge in [0.25, 0.3) is 5.91 Å². The molecular weight excluding hydrogens is 566 g/mol. The first-order chi connectivity index (χ1) is 21.1. The number of hydrogen-bond acceptors (Lipinski definition) is 7. The average molecular weight is 607 g/mol. The van der Waals surface area contributed by atoms with E-state index in [0.717, 1.165) is 4.31 Å². The van der Waals surface area contributed by atoms with Gasteiger partial charge in [0, 0.05) is 6.04 Å². The maximum Gasteiger partial charge on any atom is 0.324 e. The summed E-state index contributed by atoms with van der Waals surface area (Å²) in [6.45, 7) is 4.57. The molecule has 1 aliphatic heterocycles. The summed E-state index contributed by atoms with van der Waals surface area (Å²) in [6, 6.07) is 10.5. The van der Waals surface area contributed by atoms with Crippen molar-refractivity contribution in [3.63, 3.8) is 0 Å². The van der Waals surface area contributed by atoms with E-state index in [1.165, 1.54) is 25.1 Å². The van der Waals surface area contributed by atoms with Gasteiger partial charge in [0.2, 0.25) is 10.0 Å². The number of amides is 1. The number of carbonyl (C=O) groups excluding carboxylic acids is 2. The third kappa shape index (κ3) is 7.65. The summed E-state index contributed by atoms with van der Waals surface area (Å²) in [6.07, 6.45) is -1.11. The molecule has 11 heteroatoms. The van der Waals surface area contributed by atoms with Crippen molar-refractivity contribution in [1.82, 2.24) is 9.62 Å². The van der Waals surface area contributed by atoms with Gasteiger partial charge in [0.1, 0.15) is 11.8 Å². The van der Waals surface area contributed by atoms with E-state index in [1.54, 1.807) is 50.2 Å². The Morgan fingerprint density at radius 3 is 2.34 bits per heavy atom. The molecule has 0 radical (unpaired) electrons. The molecular formula is C30H36ClN3O6S. The Morgan fingerprint density at radius 1 is 1.05 bits per heavy atom. The Labute approximate surface area is 254 Å². The lowest BCUT2D eigenvalue weighted by Crippen LogP contribution is -2.63. The average Bonchev–Trinajstić information content (AvgIpc) is 2.98. The van der Waals surface area contributed by atoms with Crippen LogP contribution in [0, 0.1) is 0 Å². The van der Waals surface area contributed by atoms with E-state index in [4.69, 9.17) is 22.1 Å². The molecule has 1 saturated heterocycles. The van der Waals surface area contributed by atoms with E-state index in [-0.39, 0.29) is 48.6 Å². The van der Waals surface area contributed by atoms with Crippen LogP contribution < -0.4 is 15.8 Å². The number of esters is 1. The Bertz CT molecular complexity index is 1680. The normalized spacial score (nSPS) is 17.7. The molecule has 1 heterocycles. The summed E-state index contributed by atoms with van der Waals surface area (Å²) in [5, 5.41) is 2.64. The van der Waals surface area contributed by atoms with Gasteiger partial charge < -0.3 is 20.5 Å².